The highest BCUT2D eigenvalue weighted by Crippen LogP contribution is 2.45. The van der Waals surface area contributed by atoms with Crippen molar-refractivity contribution in [2.75, 3.05) is 11.9 Å². The highest BCUT2D eigenvalue weighted by Gasteiger charge is 2.45. The van der Waals surface area contributed by atoms with Gasteiger partial charge < -0.3 is 10.1 Å². The van der Waals surface area contributed by atoms with Crippen LogP contribution in [0.15, 0.2) is 66.4 Å². The molecular formula is C26H15Br4ClN2O6. The number of imide groups is 1. The lowest BCUT2D eigenvalue weighted by atomic mass is 10.0. The molecule has 0 saturated heterocycles. The third kappa shape index (κ3) is 5.76. The SMILES string of the molecule is CC(C(=O)OCC(=O)Nc1ccc(Cl)cc1C(=O)c1ccccc1)N1C(=O)c2c(Br)c(Br)c(Br)c(Br)c2C1=O. The van der Waals surface area contributed by atoms with E-state index in [2.05, 4.69) is 69.0 Å². The van der Waals surface area contributed by atoms with E-state index in [4.69, 9.17) is 16.3 Å². The minimum Gasteiger partial charge on any atom is -0.454 e. The van der Waals surface area contributed by atoms with Gasteiger partial charge in [-0.3, -0.25) is 24.1 Å². The van der Waals surface area contributed by atoms with E-state index in [-0.39, 0.29) is 28.2 Å². The third-order valence-electron chi connectivity index (χ3n) is 5.74. The molecule has 1 atom stereocenters. The number of hydrogen-bond donors (Lipinski definition) is 1. The van der Waals surface area contributed by atoms with Crippen molar-refractivity contribution in [3.05, 3.63) is 93.7 Å². The van der Waals surface area contributed by atoms with Gasteiger partial charge in [-0.2, -0.15) is 0 Å². The van der Waals surface area contributed by atoms with Gasteiger partial charge in [0.25, 0.3) is 17.7 Å². The number of nitrogens with zero attached hydrogens (tertiary/aromatic N) is 1. The zero-order valence-corrected chi connectivity index (χ0v) is 26.8. The van der Waals surface area contributed by atoms with Crippen molar-refractivity contribution in [3.8, 4) is 0 Å². The first kappa shape index (κ1) is 29.6. The van der Waals surface area contributed by atoms with Gasteiger partial charge in [-0.05, 0) is 88.8 Å². The van der Waals surface area contributed by atoms with Gasteiger partial charge >= 0.3 is 5.97 Å². The topological polar surface area (TPSA) is 110 Å². The fourth-order valence-corrected chi connectivity index (χ4v) is 6.45. The van der Waals surface area contributed by atoms with Crippen LogP contribution in [0.4, 0.5) is 5.69 Å². The van der Waals surface area contributed by atoms with Crippen LogP contribution in [0, 0.1) is 0 Å². The monoisotopic (exact) mass is 802 g/mol. The first-order valence-electron chi connectivity index (χ1n) is 11.0. The fourth-order valence-electron chi connectivity index (χ4n) is 3.83. The summed E-state index contributed by atoms with van der Waals surface area (Å²) in [6.45, 7) is 0.599. The number of fused-ring (bicyclic) bond motifs is 1. The number of carbonyl (C=O) groups excluding carboxylic acids is 5. The Morgan fingerprint density at radius 1 is 0.897 bits per heavy atom. The number of amides is 3. The lowest BCUT2D eigenvalue weighted by molar-refractivity contribution is -0.150. The van der Waals surface area contributed by atoms with E-state index in [1.807, 2.05) is 0 Å². The summed E-state index contributed by atoms with van der Waals surface area (Å²) in [4.78, 5) is 65.4. The smallest absolute Gasteiger partial charge is 0.329 e. The summed E-state index contributed by atoms with van der Waals surface area (Å²) in [5.74, 6) is -3.47. The molecular weight excluding hydrogens is 791 g/mol. The van der Waals surface area contributed by atoms with Gasteiger partial charge in [0.2, 0.25) is 0 Å². The maximum Gasteiger partial charge on any atom is 0.329 e. The molecule has 1 unspecified atom stereocenters. The number of rotatable bonds is 7. The van der Waals surface area contributed by atoms with Gasteiger partial charge in [0.15, 0.2) is 12.4 Å². The van der Waals surface area contributed by atoms with Crippen LogP contribution in [-0.2, 0) is 14.3 Å². The largest absolute Gasteiger partial charge is 0.454 e. The van der Waals surface area contributed by atoms with E-state index >= 15 is 0 Å². The highest BCUT2D eigenvalue weighted by atomic mass is 79.9. The van der Waals surface area contributed by atoms with E-state index < -0.39 is 36.3 Å². The maximum absolute atomic E-state index is 13.1. The van der Waals surface area contributed by atoms with Gasteiger partial charge in [0.1, 0.15) is 6.04 Å². The molecule has 1 aliphatic rings. The standard InChI is InChI=1S/C26H15Br4ClN2O6/c1-11(33-24(36)17-18(25(33)37)20(28)22(30)21(29)19(17)27)26(38)39-10-16(34)32-15-8-7-13(31)9-14(15)23(35)12-5-3-2-4-6-12/h2-9,11H,10H2,1H3,(H,32,34). The number of esters is 1. The lowest BCUT2D eigenvalue weighted by Gasteiger charge is -2.21. The third-order valence-corrected chi connectivity index (χ3v) is 10.7. The predicted molar refractivity (Wildman–Crippen MR) is 158 cm³/mol. The lowest BCUT2D eigenvalue weighted by Crippen LogP contribution is -2.44. The van der Waals surface area contributed by atoms with E-state index in [0.717, 1.165) is 4.90 Å². The molecule has 39 heavy (non-hydrogen) atoms. The zero-order chi connectivity index (χ0) is 28.6. The molecule has 200 valence electrons. The van der Waals surface area contributed by atoms with E-state index in [1.165, 1.54) is 25.1 Å². The van der Waals surface area contributed by atoms with Crippen LogP contribution in [0.3, 0.4) is 0 Å². The molecule has 0 fully saturated rings. The summed E-state index contributed by atoms with van der Waals surface area (Å²) < 4.78 is 6.82. The van der Waals surface area contributed by atoms with E-state index in [0.29, 0.717) is 28.5 Å². The molecule has 3 amide bonds. The fraction of sp³-hybridized carbons (Fsp3) is 0.115. The minimum absolute atomic E-state index is 0.0812. The summed E-state index contributed by atoms with van der Waals surface area (Å²) in [5.41, 5.74) is 0.888. The summed E-state index contributed by atoms with van der Waals surface area (Å²) in [6.07, 6.45) is 0. The Hall–Kier alpha value is -2.38. The second-order valence-electron chi connectivity index (χ2n) is 8.20. The van der Waals surface area contributed by atoms with Crippen molar-refractivity contribution in [2.24, 2.45) is 0 Å². The molecule has 8 nitrogen and oxygen atoms in total. The molecule has 3 aromatic carbocycles. The first-order chi connectivity index (χ1) is 18.4. The molecule has 0 saturated carbocycles. The zero-order valence-electron chi connectivity index (χ0n) is 19.7. The molecule has 0 bridgehead atoms. The summed E-state index contributed by atoms with van der Waals surface area (Å²) in [6, 6.07) is 11.5. The quantitative estimate of drug-likeness (QED) is 0.0927. The average molecular weight is 806 g/mol. The van der Waals surface area contributed by atoms with E-state index in [1.54, 1.807) is 30.3 Å². The molecule has 1 heterocycles. The van der Waals surface area contributed by atoms with Crippen LogP contribution < -0.4 is 5.32 Å². The average Bonchev–Trinajstić information content (AvgIpc) is 3.19. The molecule has 13 heteroatoms. The van der Waals surface area contributed by atoms with Crippen LogP contribution in [0.2, 0.25) is 5.02 Å². The molecule has 1 N–H and O–H groups in total. The second-order valence-corrected chi connectivity index (χ2v) is 11.8. The van der Waals surface area contributed by atoms with Gasteiger partial charge in [0, 0.05) is 34.0 Å². The van der Waals surface area contributed by atoms with Gasteiger partial charge in [0.05, 0.1) is 16.8 Å². The molecule has 1 aliphatic heterocycles. The van der Waals surface area contributed by atoms with Crippen LogP contribution in [0.25, 0.3) is 0 Å². The van der Waals surface area contributed by atoms with E-state index in [9.17, 15) is 24.0 Å². The number of halogens is 5. The molecule has 3 aromatic rings. The molecule has 0 aliphatic carbocycles. The number of carbonyl (C=O) groups is 5. The Kier molecular flexibility index (Phi) is 9.12. The summed E-state index contributed by atoms with van der Waals surface area (Å²) in [5, 5.41) is 2.84. The molecule has 0 aromatic heterocycles. The van der Waals surface area contributed by atoms with Crippen molar-refractivity contribution >= 4 is 110 Å². The Morgan fingerprint density at radius 2 is 1.46 bits per heavy atom. The van der Waals surface area contributed by atoms with Crippen LogP contribution >= 0.6 is 75.3 Å². The summed E-state index contributed by atoms with van der Waals surface area (Å²) in [7, 11) is 0. The normalized spacial score (nSPS) is 13.2. The minimum atomic E-state index is -1.33. The van der Waals surface area contributed by atoms with Crippen LogP contribution in [-0.4, -0.2) is 47.0 Å². The maximum atomic E-state index is 13.1. The highest BCUT2D eigenvalue weighted by molar-refractivity contribution is 9.15. The van der Waals surface area contributed by atoms with Crippen molar-refractivity contribution in [3.63, 3.8) is 0 Å². The summed E-state index contributed by atoms with van der Waals surface area (Å²) >= 11 is 19.4. The Balaban J connectivity index is 1.46. The number of nitrogens with one attached hydrogen (secondary N) is 1. The molecule has 0 radical (unpaired) electrons. The van der Waals surface area contributed by atoms with Gasteiger partial charge in [-0.15, -0.1) is 0 Å². The number of hydrogen-bond acceptors (Lipinski definition) is 6. The number of anilines is 1. The van der Waals surface area contributed by atoms with Gasteiger partial charge in [-0.25, -0.2) is 4.79 Å². The van der Waals surface area contributed by atoms with Crippen molar-refractivity contribution in [1.82, 2.24) is 4.90 Å². The van der Waals surface area contributed by atoms with Crippen molar-refractivity contribution < 1.29 is 28.7 Å². The van der Waals surface area contributed by atoms with Crippen molar-refractivity contribution in [2.45, 2.75) is 13.0 Å². The predicted octanol–water partition coefficient (Wildman–Crippen LogP) is 6.79. The first-order valence-corrected chi connectivity index (χ1v) is 14.6. The number of ketones is 1. The second kappa shape index (κ2) is 12.0. The Morgan fingerprint density at radius 3 is 2.03 bits per heavy atom. The van der Waals surface area contributed by atoms with Crippen LogP contribution in [0.5, 0.6) is 0 Å². The Bertz CT molecular complexity index is 1520. The number of ether oxygens (including phenoxy) is 1. The molecule has 4 rings (SSSR count). The number of benzene rings is 3. The van der Waals surface area contributed by atoms with Crippen LogP contribution in [0.1, 0.15) is 43.6 Å². The van der Waals surface area contributed by atoms with Gasteiger partial charge in [-0.1, -0.05) is 41.9 Å². The molecule has 0 spiro atoms. The van der Waals surface area contributed by atoms with Crippen molar-refractivity contribution in [1.29, 1.82) is 0 Å². The Labute approximate surface area is 260 Å².